The van der Waals surface area contributed by atoms with Gasteiger partial charge in [-0.25, -0.2) is 4.79 Å². The fraction of sp³-hybridized carbons (Fsp3) is 0.333. The third kappa shape index (κ3) is 1.97. The molecule has 1 saturated heterocycles. The maximum absolute atomic E-state index is 12.0. The Bertz CT molecular complexity index is 698. The summed E-state index contributed by atoms with van der Waals surface area (Å²) >= 11 is 0. The molecule has 1 aromatic rings. The molecule has 2 aliphatic heterocycles. The highest BCUT2D eigenvalue weighted by Crippen LogP contribution is 2.28. The Balaban J connectivity index is 2.08. The van der Waals surface area contributed by atoms with Crippen molar-refractivity contribution >= 4 is 21.8 Å². The zero-order valence-electron chi connectivity index (χ0n) is 10.5. The van der Waals surface area contributed by atoms with E-state index in [1.165, 1.54) is 6.07 Å². The average Bonchev–Trinajstić information content (AvgIpc) is 2.71. The number of nitrogens with zero attached hydrogens (tertiary/aromatic N) is 2. The quantitative estimate of drug-likeness (QED) is 0.724. The van der Waals surface area contributed by atoms with Gasteiger partial charge in [0.25, 0.3) is 10.0 Å². The van der Waals surface area contributed by atoms with Crippen LogP contribution in [0.15, 0.2) is 33.6 Å². The van der Waals surface area contributed by atoms with Crippen molar-refractivity contribution in [1.29, 1.82) is 0 Å². The van der Waals surface area contributed by atoms with Crippen LogP contribution in [0, 0.1) is 0 Å². The number of piperazine rings is 1. The van der Waals surface area contributed by atoms with Crippen LogP contribution >= 0.6 is 0 Å². The van der Waals surface area contributed by atoms with Crippen molar-refractivity contribution in [2.45, 2.75) is 10.9 Å². The van der Waals surface area contributed by atoms with Gasteiger partial charge < -0.3 is 15.3 Å². The molecule has 1 unspecified atom stereocenters. The van der Waals surface area contributed by atoms with E-state index < -0.39 is 22.0 Å². The van der Waals surface area contributed by atoms with Crippen LogP contribution in [0.2, 0.25) is 0 Å². The largest absolute Gasteiger partial charge is 0.480 e. The number of amidine groups is 1. The molecule has 0 spiro atoms. The van der Waals surface area contributed by atoms with Crippen molar-refractivity contribution < 1.29 is 18.3 Å². The summed E-state index contributed by atoms with van der Waals surface area (Å²) in [6.45, 7) is 1.25. The number of carboxylic acid groups (broad SMARTS) is 1. The molecule has 20 heavy (non-hydrogen) atoms. The third-order valence-corrected chi connectivity index (χ3v) is 4.74. The molecule has 0 aliphatic carbocycles. The van der Waals surface area contributed by atoms with Gasteiger partial charge in [0.15, 0.2) is 5.84 Å². The topological polar surface area (TPSA) is 99.1 Å². The standard InChI is InChI=1S/C12H13N3O4S/c16-12(17)9-7-13-5-6-15(9)11-8-3-1-2-4-10(8)20(18,19)14-11/h1-4,9,13H,5-7H2,(H,16,17). The minimum absolute atomic E-state index is 0.137. The summed E-state index contributed by atoms with van der Waals surface area (Å²) < 4.78 is 27.8. The lowest BCUT2D eigenvalue weighted by Crippen LogP contribution is -2.57. The number of hydrogen-bond acceptors (Lipinski definition) is 5. The van der Waals surface area contributed by atoms with E-state index in [2.05, 4.69) is 9.71 Å². The first-order valence-electron chi connectivity index (χ1n) is 6.15. The number of benzene rings is 1. The first-order chi connectivity index (χ1) is 9.50. The second-order valence-corrected chi connectivity index (χ2v) is 6.21. The van der Waals surface area contributed by atoms with E-state index in [1.54, 1.807) is 23.1 Å². The molecular weight excluding hydrogens is 282 g/mol. The van der Waals surface area contributed by atoms with Crippen LogP contribution in [0.5, 0.6) is 0 Å². The lowest BCUT2D eigenvalue weighted by Gasteiger charge is -2.34. The van der Waals surface area contributed by atoms with E-state index in [9.17, 15) is 18.3 Å². The monoisotopic (exact) mass is 295 g/mol. The zero-order valence-corrected chi connectivity index (χ0v) is 11.3. The summed E-state index contributed by atoms with van der Waals surface area (Å²) in [6.07, 6.45) is 0. The summed E-state index contributed by atoms with van der Waals surface area (Å²) in [4.78, 5) is 13.0. The van der Waals surface area contributed by atoms with Crippen molar-refractivity contribution in [1.82, 2.24) is 10.2 Å². The summed E-state index contributed by atoms with van der Waals surface area (Å²) in [7, 11) is -3.72. The second kappa shape index (κ2) is 4.57. The molecule has 0 bridgehead atoms. The first-order valence-corrected chi connectivity index (χ1v) is 7.59. The number of sulfonamides is 1. The van der Waals surface area contributed by atoms with E-state index in [4.69, 9.17) is 0 Å². The molecule has 0 amide bonds. The zero-order chi connectivity index (χ0) is 14.3. The average molecular weight is 295 g/mol. The fourth-order valence-corrected chi connectivity index (χ4v) is 3.69. The van der Waals surface area contributed by atoms with E-state index in [1.807, 2.05) is 0 Å². The minimum atomic E-state index is -3.72. The van der Waals surface area contributed by atoms with Crippen molar-refractivity contribution in [3.05, 3.63) is 29.8 Å². The molecule has 0 radical (unpaired) electrons. The summed E-state index contributed by atoms with van der Waals surface area (Å²) in [5, 5.41) is 12.2. The number of carbonyl (C=O) groups is 1. The predicted molar refractivity (Wildman–Crippen MR) is 71.2 cm³/mol. The van der Waals surface area contributed by atoms with Gasteiger partial charge in [0.05, 0.1) is 0 Å². The normalized spacial score (nSPS) is 24.1. The molecule has 2 aliphatic rings. The van der Waals surface area contributed by atoms with Crippen molar-refractivity contribution in [3.63, 3.8) is 0 Å². The lowest BCUT2D eigenvalue weighted by atomic mass is 10.1. The summed E-state index contributed by atoms with van der Waals surface area (Å²) in [6, 6.07) is 5.66. The summed E-state index contributed by atoms with van der Waals surface area (Å²) in [5.74, 6) is -0.767. The SMILES string of the molecule is O=C(O)C1CNCCN1C1=NS(=O)(=O)c2ccccc21. The minimum Gasteiger partial charge on any atom is -0.480 e. The van der Waals surface area contributed by atoms with E-state index in [0.29, 0.717) is 18.7 Å². The highest BCUT2D eigenvalue weighted by molar-refractivity contribution is 7.90. The molecule has 2 N–H and O–H groups in total. The predicted octanol–water partition coefficient (Wildman–Crippen LogP) is -0.506. The van der Waals surface area contributed by atoms with Crippen LogP contribution < -0.4 is 5.32 Å². The number of hydrogen-bond donors (Lipinski definition) is 2. The van der Waals surface area contributed by atoms with Gasteiger partial charge in [0.2, 0.25) is 0 Å². The molecule has 1 aromatic carbocycles. The lowest BCUT2D eigenvalue weighted by molar-refractivity contribution is -0.142. The molecule has 1 atom stereocenters. The van der Waals surface area contributed by atoms with E-state index in [0.717, 1.165) is 0 Å². The van der Waals surface area contributed by atoms with Gasteiger partial charge in [0.1, 0.15) is 10.9 Å². The fourth-order valence-electron chi connectivity index (χ4n) is 2.47. The molecule has 8 heteroatoms. The maximum Gasteiger partial charge on any atom is 0.327 e. The van der Waals surface area contributed by atoms with Crippen LogP contribution in [0.25, 0.3) is 0 Å². The Labute approximate surface area is 116 Å². The molecule has 0 saturated carbocycles. The van der Waals surface area contributed by atoms with Gasteiger partial charge in [-0.2, -0.15) is 8.42 Å². The number of fused-ring (bicyclic) bond motifs is 1. The Morgan fingerprint density at radius 2 is 2.15 bits per heavy atom. The van der Waals surface area contributed by atoms with Crippen LogP contribution in [0.1, 0.15) is 5.56 Å². The van der Waals surface area contributed by atoms with Gasteiger partial charge >= 0.3 is 5.97 Å². The highest BCUT2D eigenvalue weighted by Gasteiger charge is 2.37. The molecular formula is C12H13N3O4S. The summed E-state index contributed by atoms with van der Waals surface area (Å²) in [5.41, 5.74) is 0.473. The first kappa shape index (κ1) is 13.1. The van der Waals surface area contributed by atoms with Crippen LogP contribution in [0.3, 0.4) is 0 Å². The maximum atomic E-state index is 12.0. The van der Waals surface area contributed by atoms with Crippen LogP contribution in [-0.4, -0.2) is 55.9 Å². The second-order valence-electron chi connectivity index (χ2n) is 4.64. The number of carboxylic acids is 1. The molecule has 106 valence electrons. The Morgan fingerprint density at radius 3 is 2.90 bits per heavy atom. The Hall–Kier alpha value is -1.93. The van der Waals surface area contributed by atoms with Gasteiger partial charge in [-0.05, 0) is 12.1 Å². The van der Waals surface area contributed by atoms with Crippen molar-refractivity contribution in [2.24, 2.45) is 4.40 Å². The van der Waals surface area contributed by atoms with E-state index in [-0.39, 0.29) is 17.3 Å². The van der Waals surface area contributed by atoms with Gasteiger partial charge in [0, 0.05) is 25.2 Å². The van der Waals surface area contributed by atoms with Gasteiger partial charge in [-0.15, -0.1) is 4.40 Å². The van der Waals surface area contributed by atoms with Crippen molar-refractivity contribution in [3.8, 4) is 0 Å². The third-order valence-electron chi connectivity index (χ3n) is 3.41. The van der Waals surface area contributed by atoms with Crippen molar-refractivity contribution in [2.75, 3.05) is 19.6 Å². The number of rotatable bonds is 1. The smallest absolute Gasteiger partial charge is 0.327 e. The molecule has 0 aromatic heterocycles. The number of aliphatic carboxylic acids is 1. The van der Waals surface area contributed by atoms with Gasteiger partial charge in [-0.3, -0.25) is 0 Å². The highest BCUT2D eigenvalue weighted by atomic mass is 32.2. The van der Waals surface area contributed by atoms with Crippen LogP contribution in [0.4, 0.5) is 0 Å². The van der Waals surface area contributed by atoms with E-state index >= 15 is 0 Å². The molecule has 2 heterocycles. The molecule has 7 nitrogen and oxygen atoms in total. The number of nitrogens with one attached hydrogen (secondary N) is 1. The van der Waals surface area contributed by atoms with Gasteiger partial charge in [-0.1, -0.05) is 12.1 Å². The molecule has 1 fully saturated rings. The Kier molecular flexibility index (Phi) is 2.98. The Morgan fingerprint density at radius 1 is 1.40 bits per heavy atom. The molecule has 3 rings (SSSR count). The van der Waals surface area contributed by atoms with Crippen LogP contribution in [-0.2, 0) is 14.8 Å².